The molecule has 0 saturated heterocycles. The van der Waals surface area contributed by atoms with Gasteiger partial charge in [0, 0.05) is 12.3 Å². The first kappa shape index (κ1) is 17.1. The monoisotopic (exact) mass is 325 g/mol. The lowest BCUT2D eigenvalue weighted by atomic mass is 9.80. The Morgan fingerprint density at radius 1 is 1.41 bits per heavy atom. The number of pyridine rings is 1. The van der Waals surface area contributed by atoms with Crippen molar-refractivity contribution in [3.63, 3.8) is 0 Å². The number of hydrogen-bond donors (Lipinski definition) is 0. The minimum Gasteiger partial charge on any atom is -0.489 e. The third kappa shape index (κ3) is 4.13. The van der Waals surface area contributed by atoms with Gasteiger partial charge in [-0.2, -0.15) is 0 Å². The summed E-state index contributed by atoms with van der Waals surface area (Å²) in [4.78, 5) is 16.0. The van der Waals surface area contributed by atoms with Gasteiger partial charge in [0.05, 0.1) is 24.3 Å². The maximum Gasteiger partial charge on any atom is 0.308 e. The fraction of sp³-hybridized carbons (Fsp3) is 0.647. The largest absolute Gasteiger partial charge is 0.489 e. The number of hydrogen-bond acceptors (Lipinski definition) is 4. The molecule has 0 radical (unpaired) electrons. The van der Waals surface area contributed by atoms with E-state index in [1.165, 1.54) is 0 Å². The third-order valence-corrected chi connectivity index (χ3v) is 4.87. The standard InChI is InChI=1S/C17H24ClNO3/c1-4-21-17(20)11(2)13-5-7-14(8-6-13)22-15-9-10-19-12(3)16(15)18/h9-11,13-14H,4-8H2,1-3H3. The van der Waals surface area contributed by atoms with E-state index in [0.717, 1.165) is 31.4 Å². The molecule has 1 aliphatic carbocycles. The van der Waals surface area contributed by atoms with Gasteiger partial charge in [0.1, 0.15) is 10.8 Å². The predicted molar refractivity (Wildman–Crippen MR) is 86.2 cm³/mol. The first-order valence-electron chi connectivity index (χ1n) is 7.97. The average molecular weight is 326 g/mol. The van der Waals surface area contributed by atoms with Crippen LogP contribution in [-0.2, 0) is 9.53 Å². The fourth-order valence-electron chi connectivity index (χ4n) is 2.97. The van der Waals surface area contributed by atoms with Crippen LogP contribution in [0.1, 0.15) is 45.2 Å². The first-order valence-corrected chi connectivity index (χ1v) is 8.35. The molecule has 1 fully saturated rings. The van der Waals surface area contributed by atoms with Gasteiger partial charge in [0.2, 0.25) is 0 Å². The highest BCUT2D eigenvalue weighted by atomic mass is 35.5. The Hall–Kier alpha value is -1.29. The number of nitrogens with zero attached hydrogens (tertiary/aromatic N) is 1. The summed E-state index contributed by atoms with van der Waals surface area (Å²) in [5.41, 5.74) is 0.781. The minimum absolute atomic E-state index is 0.0346. The number of esters is 1. The Morgan fingerprint density at radius 3 is 2.73 bits per heavy atom. The van der Waals surface area contributed by atoms with E-state index in [1.807, 2.05) is 26.8 Å². The highest BCUT2D eigenvalue weighted by Crippen LogP contribution is 2.34. The van der Waals surface area contributed by atoms with E-state index in [2.05, 4.69) is 4.98 Å². The Labute approximate surface area is 137 Å². The second-order valence-corrected chi connectivity index (χ2v) is 6.28. The van der Waals surface area contributed by atoms with Gasteiger partial charge in [-0.3, -0.25) is 9.78 Å². The van der Waals surface area contributed by atoms with E-state index in [1.54, 1.807) is 6.20 Å². The highest BCUT2D eigenvalue weighted by Gasteiger charge is 2.30. The van der Waals surface area contributed by atoms with Gasteiger partial charge >= 0.3 is 5.97 Å². The molecule has 122 valence electrons. The van der Waals surface area contributed by atoms with Gasteiger partial charge < -0.3 is 9.47 Å². The van der Waals surface area contributed by atoms with Crippen LogP contribution in [-0.4, -0.2) is 23.7 Å². The number of rotatable bonds is 5. The zero-order valence-corrected chi connectivity index (χ0v) is 14.2. The van der Waals surface area contributed by atoms with E-state index in [4.69, 9.17) is 21.1 Å². The highest BCUT2D eigenvalue weighted by molar-refractivity contribution is 6.32. The Balaban J connectivity index is 1.87. The number of ether oxygens (including phenoxy) is 2. The molecule has 0 aromatic carbocycles. The summed E-state index contributed by atoms with van der Waals surface area (Å²) >= 11 is 6.22. The molecule has 4 nitrogen and oxygen atoms in total. The fourth-order valence-corrected chi connectivity index (χ4v) is 3.12. The predicted octanol–water partition coefficient (Wildman–Crippen LogP) is 4.18. The van der Waals surface area contributed by atoms with E-state index in [9.17, 15) is 4.79 Å². The molecule has 5 heteroatoms. The molecular weight excluding hydrogens is 302 g/mol. The van der Waals surface area contributed by atoms with Crippen molar-refractivity contribution in [2.24, 2.45) is 11.8 Å². The zero-order valence-electron chi connectivity index (χ0n) is 13.5. The van der Waals surface area contributed by atoms with Crippen molar-refractivity contribution >= 4 is 17.6 Å². The van der Waals surface area contributed by atoms with Crippen molar-refractivity contribution in [1.29, 1.82) is 0 Å². The topological polar surface area (TPSA) is 48.4 Å². The van der Waals surface area contributed by atoms with Crippen LogP contribution in [0.5, 0.6) is 5.75 Å². The van der Waals surface area contributed by atoms with Crippen LogP contribution in [0.25, 0.3) is 0 Å². The Morgan fingerprint density at radius 2 is 2.09 bits per heavy atom. The summed E-state index contributed by atoms with van der Waals surface area (Å²) in [6.07, 6.45) is 5.70. The van der Waals surface area contributed by atoms with Crippen LogP contribution in [0.2, 0.25) is 5.02 Å². The summed E-state index contributed by atoms with van der Waals surface area (Å²) in [5, 5.41) is 0.588. The van der Waals surface area contributed by atoms with Crippen molar-refractivity contribution in [1.82, 2.24) is 4.98 Å². The van der Waals surface area contributed by atoms with E-state index in [-0.39, 0.29) is 18.0 Å². The molecule has 0 amide bonds. The smallest absolute Gasteiger partial charge is 0.308 e. The second kappa shape index (κ2) is 7.82. The van der Waals surface area contributed by atoms with Gasteiger partial charge in [0.25, 0.3) is 0 Å². The zero-order chi connectivity index (χ0) is 16.1. The Bertz CT molecular complexity index is 513. The molecule has 1 aliphatic rings. The number of aromatic nitrogens is 1. The van der Waals surface area contributed by atoms with Crippen LogP contribution in [0.15, 0.2) is 12.3 Å². The molecule has 1 aromatic heterocycles. The van der Waals surface area contributed by atoms with Gasteiger partial charge in [-0.15, -0.1) is 0 Å². The van der Waals surface area contributed by atoms with E-state index >= 15 is 0 Å². The number of carbonyl (C=O) groups excluding carboxylic acids is 1. The molecule has 1 unspecified atom stereocenters. The lowest BCUT2D eigenvalue weighted by Gasteiger charge is -2.31. The normalized spacial score (nSPS) is 22.9. The van der Waals surface area contributed by atoms with Gasteiger partial charge in [-0.25, -0.2) is 0 Å². The minimum atomic E-state index is -0.0836. The molecule has 1 heterocycles. The van der Waals surface area contributed by atoms with Crippen molar-refractivity contribution < 1.29 is 14.3 Å². The molecule has 0 bridgehead atoms. The summed E-state index contributed by atoms with van der Waals surface area (Å²) in [7, 11) is 0. The van der Waals surface area contributed by atoms with Crippen molar-refractivity contribution in [2.45, 2.75) is 52.6 Å². The number of halogens is 1. The quantitative estimate of drug-likeness (QED) is 0.762. The first-order chi connectivity index (χ1) is 10.5. The van der Waals surface area contributed by atoms with Crippen molar-refractivity contribution in [3.8, 4) is 5.75 Å². The molecule has 1 saturated carbocycles. The number of aryl methyl sites for hydroxylation is 1. The molecule has 0 spiro atoms. The summed E-state index contributed by atoms with van der Waals surface area (Å²) in [5.74, 6) is 0.969. The van der Waals surface area contributed by atoms with Crippen molar-refractivity contribution in [2.75, 3.05) is 6.61 Å². The maximum atomic E-state index is 11.8. The number of carbonyl (C=O) groups is 1. The van der Waals surface area contributed by atoms with Crippen LogP contribution >= 0.6 is 11.6 Å². The van der Waals surface area contributed by atoms with Crippen LogP contribution in [0.3, 0.4) is 0 Å². The molecule has 1 aromatic rings. The maximum absolute atomic E-state index is 11.8. The summed E-state index contributed by atoms with van der Waals surface area (Å²) < 4.78 is 11.1. The Kier molecular flexibility index (Phi) is 6.07. The molecular formula is C17H24ClNO3. The van der Waals surface area contributed by atoms with Crippen LogP contribution in [0.4, 0.5) is 0 Å². The molecule has 0 aliphatic heterocycles. The van der Waals surface area contributed by atoms with Gasteiger partial charge in [0.15, 0.2) is 0 Å². The molecule has 1 atom stereocenters. The lowest BCUT2D eigenvalue weighted by Crippen LogP contribution is -2.31. The SMILES string of the molecule is CCOC(=O)C(C)C1CCC(Oc2ccnc(C)c2Cl)CC1. The van der Waals surface area contributed by atoms with Gasteiger partial charge in [-0.1, -0.05) is 18.5 Å². The summed E-state index contributed by atoms with van der Waals surface area (Å²) in [6.45, 7) is 6.12. The van der Waals surface area contributed by atoms with Crippen LogP contribution in [0, 0.1) is 18.8 Å². The van der Waals surface area contributed by atoms with E-state index < -0.39 is 0 Å². The van der Waals surface area contributed by atoms with Gasteiger partial charge in [-0.05, 0) is 45.4 Å². The third-order valence-electron chi connectivity index (χ3n) is 4.41. The van der Waals surface area contributed by atoms with Crippen LogP contribution < -0.4 is 4.74 Å². The molecule has 0 N–H and O–H groups in total. The molecule has 22 heavy (non-hydrogen) atoms. The average Bonchev–Trinajstić information content (AvgIpc) is 2.52. The second-order valence-electron chi connectivity index (χ2n) is 5.90. The lowest BCUT2D eigenvalue weighted by molar-refractivity contribution is -0.150. The molecule has 2 rings (SSSR count). The van der Waals surface area contributed by atoms with Crippen molar-refractivity contribution in [3.05, 3.63) is 23.0 Å². The van der Waals surface area contributed by atoms with E-state index in [0.29, 0.717) is 23.3 Å². The summed E-state index contributed by atoms with van der Waals surface area (Å²) in [6, 6.07) is 1.81.